The Hall–Kier alpha value is -1.99. The molecule has 8 heteroatoms. The number of hydrogen-bond donors (Lipinski definition) is 2. The van der Waals surface area contributed by atoms with Crippen LogP contribution in [0.3, 0.4) is 0 Å². The van der Waals surface area contributed by atoms with Crippen LogP contribution in [0.2, 0.25) is 0 Å². The molecule has 0 spiro atoms. The fourth-order valence-electron chi connectivity index (χ4n) is 3.94. The van der Waals surface area contributed by atoms with Crippen molar-refractivity contribution in [1.29, 1.82) is 0 Å². The number of nitrogens with zero attached hydrogens (tertiary/aromatic N) is 1. The van der Waals surface area contributed by atoms with Gasteiger partial charge in [0, 0.05) is 24.7 Å². The van der Waals surface area contributed by atoms with Gasteiger partial charge in [0.2, 0.25) is 12.7 Å². The third-order valence-corrected chi connectivity index (χ3v) is 5.59. The largest absolute Gasteiger partial charge is 0.454 e. The third-order valence-electron chi connectivity index (χ3n) is 5.59. The van der Waals surface area contributed by atoms with E-state index in [0.29, 0.717) is 35.9 Å². The van der Waals surface area contributed by atoms with Gasteiger partial charge in [-0.1, -0.05) is 6.92 Å². The van der Waals surface area contributed by atoms with Gasteiger partial charge < -0.3 is 25.0 Å². The molecule has 3 unspecified atom stereocenters. The van der Waals surface area contributed by atoms with Gasteiger partial charge in [0.05, 0.1) is 0 Å². The Morgan fingerprint density at radius 2 is 2.04 bits per heavy atom. The molecule has 3 atom stereocenters. The highest BCUT2D eigenvalue weighted by Crippen LogP contribution is 2.33. The number of hydrogen-bond acceptors (Lipinski definition) is 5. The van der Waals surface area contributed by atoms with Crippen LogP contribution in [0.25, 0.3) is 0 Å². The molecule has 27 heavy (non-hydrogen) atoms. The molecule has 148 valence electrons. The lowest BCUT2D eigenvalue weighted by Gasteiger charge is -2.32. The summed E-state index contributed by atoms with van der Waals surface area (Å²) in [6, 6.07) is 4.90. The van der Waals surface area contributed by atoms with Crippen molar-refractivity contribution < 1.29 is 19.1 Å². The van der Waals surface area contributed by atoms with Gasteiger partial charge in [-0.05, 0) is 49.9 Å². The number of likely N-dealkylation sites (tertiary alicyclic amines) is 1. The van der Waals surface area contributed by atoms with E-state index in [4.69, 9.17) is 9.47 Å². The molecule has 0 radical (unpaired) electrons. The van der Waals surface area contributed by atoms with Crippen LogP contribution in [0.1, 0.15) is 36.5 Å². The topological polar surface area (TPSA) is 79.9 Å². The Morgan fingerprint density at radius 1 is 1.22 bits per heavy atom. The standard InChI is InChI=1S/C19H25N3O4.ClH/c1-12-6-7-20-10-14(12)21-18(23)15-3-2-8-22(15)19(24)13-4-5-16-17(9-13)26-11-25-16;/h4-5,9,12,14-15,20H,2-3,6-8,10-11H2,1H3,(H,21,23);1H. The summed E-state index contributed by atoms with van der Waals surface area (Å²) in [4.78, 5) is 27.5. The summed E-state index contributed by atoms with van der Waals surface area (Å²) in [6.45, 7) is 4.72. The summed E-state index contributed by atoms with van der Waals surface area (Å²) in [5, 5.41) is 6.47. The van der Waals surface area contributed by atoms with Gasteiger partial charge in [0.15, 0.2) is 11.5 Å². The first kappa shape index (κ1) is 19.8. The quantitative estimate of drug-likeness (QED) is 0.811. The lowest BCUT2D eigenvalue weighted by Crippen LogP contribution is -2.55. The minimum Gasteiger partial charge on any atom is -0.454 e. The van der Waals surface area contributed by atoms with E-state index in [-0.39, 0.29) is 37.1 Å². The molecule has 3 heterocycles. The number of piperidine rings is 1. The predicted octanol–water partition coefficient (Wildman–Crippen LogP) is 1.56. The molecule has 1 aromatic rings. The highest BCUT2D eigenvalue weighted by atomic mass is 35.5. The van der Waals surface area contributed by atoms with E-state index >= 15 is 0 Å². The van der Waals surface area contributed by atoms with E-state index in [1.807, 2.05) is 0 Å². The fourth-order valence-corrected chi connectivity index (χ4v) is 3.94. The molecule has 2 amide bonds. The van der Waals surface area contributed by atoms with E-state index < -0.39 is 6.04 Å². The Kier molecular flexibility index (Phi) is 6.11. The van der Waals surface area contributed by atoms with Crippen LogP contribution in [0, 0.1) is 5.92 Å². The van der Waals surface area contributed by atoms with Gasteiger partial charge in [0.1, 0.15) is 6.04 Å². The molecule has 2 saturated heterocycles. The number of fused-ring (bicyclic) bond motifs is 1. The summed E-state index contributed by atoms with van der Waals surface area (Å²) >= 11 is 0. The molecule has 2 N–H and O–H groups in total. The van der Waals surface area contributed by atoms with Gasteiger partial charge >= 0.3 is 0 Å². The maximum Gasteiger partial charge on any atom is 0.254 e. The Balaban J connectivity index is 0.00000210. The van der Waals surface area contributed by atoms with E-state index in [2.05, 4.69) is 17.6 Å². The second kappa shape index (κ2) is 8.35. The number of ether oxygens (including phenoxy) is 2. The number of benzene rings is 1. The fraction of sp³-hybridized carbons (Fsp3) is 0.579. The summed E-state index contributed by atoms with van der Waals surface area (Å²) in [6.07, 6.45) is 2.60. The average molecular weight is 396 g/mol. The summed E-state index contributed by atoms with van der Waals surface area (Å²) in [7, 11) is 0. The molecule has 0 saturated carbocycles. The van der Waals surface area contributed by atoms with Crippen molar-refractivity contribution >= 4 is 24.2 Å². The Bertz CT molecular complexity index is 714. The zero-order valence-corrected chi connectivity index (χ0v) is 16.2. The smallest absolute Gasteiger partial charge is 0.254 e. The van der Waals surface area contributed by atoms with Crippen LogP contribution in [-0.4, -0.2) is 55.2 Å². The number of carbonyl (C=O) groups is 2. The zero-order valence-electron chi connectivity index (χ0n) is 15.4. The molecule has 7 nitrogen and oxygen atoms in total. The second-order valence-corrected chi connectivity index (χ2v) is 7.31. The monoisotopic (exact) mass is 395 g/mol. The molecule has 1 aromatic carbocycles. The number of rotatable bonds is 3. The molecular formula is C19H26ClN3O4. The van der Waals surface area contributed by atoms with Crippen molar-refractivity contribution in [3.05, 3.63) is 23.8 Å². The molecule has 0 aromatic heterocycles. The molecular weight excluding hydrogens is 370 g/mol. The van der Waals surface area contributed by atoms with E-state index in [9.17, 15) is 9.59 Å². The number of carbonyl (C=O) groups excluding carboxylic acids is 2. The first-order chi connectivity index (χ1) is 12.6. The summed E-state index contributed by atoms with van der Waals surface area (Å²) in [5.74, 6) is 1.50. The molecule has 0 bridgehead atoms. The first-order valence-corrected chi connectivity index (χ1v) is 9.35. The molecule has 3 aliphatic heterocycles. The van der Waals surface area contributed by atoms with Crippen LogP contribution in [0.5, 0.6) is 11.5 Å². The Morgan fingerprint density at radius 3 is 2.85 bits per heavy atom. The maximum absolute atomic E-state index is 13.0. The van der Waals surface area contributed by atoms with Crippen LogP contribution in [0.4, 0.5) is 0 Å². The minimum absolute atomic E-state index is 0. The van der Waals surface area contributed by atoms with Crippen LogP contribution in [-0.2, 0) is 4.79 Å². The van der Waals surface area contributed by atoms with Crippen molar-refractivity contribution in [2.75, 3.05) is 26.4 Å². The number of nitrogens with one attached hydrogen (secondary N) is 2. The average Bonchev–Trinajstić information content (AvgIpc) is 3.31. The summed E-state index contributed by atoms with van der Waals surface area (Å²) in [5.41, 5.74) is 0.529. The highest BCUT2D eigenvalue weighted by molar-refractivity contribution is 5.98. The molecule has 2 fully saturated rings. The van der Waals surface area contributed by atoms with Crippen molar-refractivity contribution in [2.24, 2.45) is 5.92 Å². The van der Waals surface area contributed by atoms with E-state index in [1.165, 1.54) is 0 Å². The van der Waals surface area contributed by atoms with Gasteiger partial charge in [-0.25, -0.2) is 0 Å². The van der Waals surface area contributed by atoms with Crippen LogP contribution < -0.4 is 20.1 Å². The SMILES string of the molecule is CC1CCNCC1NC(=O)C1CCCN1C(=O)c1ccc2c(c1)OCO2.Cl. The predicted molar refractivity (Wildman–Crippen MR) is 102 cm³/mol. The highest BCUT2D eigenvalue weighted by Gasteiger charge is 2.36. The van der Waals surface area contributed by atoms with Gasteiger partial charge in [-0.2, -0.15) is 0 Å². The molecule has 3 aliphatic rings. The van der Waals surface area contributed by atoms with Gasteiger partial charge in [-0.15, -0.1) is 12.4 Å². The third kappa shape index (κ3) is 3.99. The molecule has 0 aliphatic carbocycles. The van der Waals surface area contributed by atoms with Crippen molar-refractivity contribution in [3.63, 3.8) is 0 Å². The van der Waals surface area contributed by atoms with Crippen molar-refractivity contribution in [3.8, 4) is 11.5 Å². The van der Waals surface area contributed by atoms with Crippen LogP contribution >= 0.6 is 12.4 Å². The maximum atomic E-state index is 13.0. The molecule has 4 rings (SSSR count). The lowest BCUT2D eigenvalue weighted by atomic mass is 9.94. The lowest BCUT2D eigenvalue weighted by molar-refractivity contribution is -0.126. The van der Waals surface area contributed by atoms with E-state index in [0.717, 1.165) is 25.9 Å². The first-order valence-electron chi connectivity index (χ1n) is 9.35. The summed E-state index contributed by atoms with van der Waals surface area (Å²) < 4.78 is 10.7. The van der Waals surface area contributed by atoms with E-state index in [1.54, 1.807) is 23.1 Å². The van der Waals surface area contributed by atoms with Crippen molar-refractivity contribution in [2.45, 2.75) is 38.3 Å². The van der Waals surface area contributed by atoms with Gasteiger partial charge in [-0.3, -0.25) is 9.59 Å². The van der Waals surface area contributed by atoms with Crippen LogP contribution in [0.15, 0.2) is 18.2 Å². The van der Waals surface area contributed by atoms with Gasteiger partial charge in [0.25, 0.3) is 5.91 Å². The normalized spacial score (nSPS) is 26.4. The number of halogens is 1. The zero-order chi connectivity index (χ0) is 18.1. The minimum atomic E-state index is -0.401. The second-order valence-electron chi connectivity index (χ2n) is 7.31. The number of amides is 2. The van der Waals surface area contributed by atoms with Crippen molar-refractivity contribution in [1.82, 2.24) is 15.5 Å². The Labute approximate surface area is 165 Å².